The molecule has 2 aromatic rings. The van der Waals surface area contributed by atoms with E-state index in [-0.39, 0.29) is 6.04 Å². The number of rotatable bonds is 6. The predicted octanol–water partition coefficient (Wildman–Crippen LogP) is 3.28. The first-order chi connectivity index (χ1) is 9.83. The van der Waals surface area contributed by atoms with E-state index in [4.69, 9.17) is 0 Å². The number of anilines is 1. The molecular formula is C13H19F3N4S. The van der Waals surface area contributed by atoms with E-state index in [1.54, 1.807) is 13.8 Å². The van der Waals surface area contributed by atoms with Gasteiger partial charge in [-0.05, 0) is 20.4 Å². The van der Waals surface area contributed by atoms with Crippen molar-refractivity contribution in [3.05, 3.63) is 17.3 Å². The van der Waals surface area contributed by atoms with Gasteiger partial charge in [-0.2, -0.15) is 13.2 Å². The summed E-state index contributed by atoms with van der Waals surface area (Å²) < 4.78 is 40.3. The molecule has 0 saturated carbocycles. The van der Waals surface area contributed by atoms with Gasteiger partial charge >= 0.3 is 6.18 Å². The molecule has 4 nitrogen and oxygen atoms in total. The molecule has 0 atom stereocenters. The van der Waals surface area contributed by atoms with Gasteiger partial charge in [0.05, 0.1) is 5.69 Å². The maximum absolute atomic E-state index is 12.8. The highest BCUT2D eigenvalue weighted by Crippen LogP contribution is 2.29. The first-order valence-corrected chi connectivity index (χ1v) is 7.70. The Morgan fingerprint density at radius 1 is 1.43 bits per heavy atom. The standard InChI is InChI=1S/C13H19F3N4S/c1-4-17-7-10-11(18-12-19(10)5-6-21-12)20(9(2)3)8-13(14,15)16/h5-6,9,17H,4,7-8H2,1-3H3. The van der Waals surface area contributed by atoms with Crippen LogP contribution < -0.4 is 10.2 Å². The molecule has 0 fully saturated rings. The van der Waals surface area contributed by atoms with Gasteiger partial charge in [0.1, 0.15) is 6.54 Å². The third-order valence-electron chi connectivity index (χ3n) is 3.13. The van der Waals surface area contributed by atoms with E-state index in [9.17, 15) is 13.2 Å². The van der Waals surface area contributed by atoms with Crippen molar-refractivity contribution < 1.29 is 13.2 Å². The Morgan fingerprint density at radius 3 is 2.71 bits per heavy atom. The Kier molecular flexibility index (Phi) is 4.77. The SMILES string of the molecule is CCNCc1c(N(CC(F)(F)F)C(C)C)nc2sccn12. The second-order valence-electron chi connectivity index (χ2n) is 5.05. The van der Waals surface area contributed by atoms with Gasteiger partial charge in [0.15, 0.2) is 10.8 Å². The van der Waals surface area contributed by atoms with Crippen molar-refractivity contribution in [1.82, 2.24) is 14.7 Å². The molecule has 0 radical (unpaired) electrons. The highest BCUT2D eigenvalue weighted by atomic mass is 32.1. The normalized spacial score (nSPS) is 12.5. The molecule has 0 aliphatic heterocycles. The molecular weight excluding hydrogens is 301 g/mol. The van der Waals surface area contributed by atoms with Crippen molar-refractivity contribution in [2.45, 2.75) is 39.5 Å². The molecule has 0 bridgehead atoms. The Morgan fingerprint density at radius 2 is 2.14 bits per heavy atom. The van der Waals surface area contributed by atoms with Crippen LogP contribution in [0.2, 0.25) is 0 Å². The first-order valence-electron chi connectivity index (χ1n) is 6.82. The minimum atomic E-state index is -4.25. The van der Waals surface area contributed by atoms with Gasteiger partial charge in [-0.3, -0.25) is 4.40 Å². The summed E-state index contributed by atoms with van der Waals surface area (Å²) >= 11 is 1.42. The first kappa shape index (κ1) is 16.1. The highest BCUT2D eigenvalue weighted by Gasteiger charge is 2.34. The molecule has 0 unspecified atom stereocenters. The highest BCUT2D eigenvalue weighted by molar-refractivity contribution is 7.15. The van der Waals surface area contributed by atoms with Crippen LogP contribution in [0.1, 0.15) is 26.5 Å². The van der Waals surface area contributed by atoms with Gasteiger partial charge in [-0.15, -0.1) is 11.3 Å². The van der Waals surface area contributed by atoms with Crippen LogP contribution in [0.25, 0.3) is 4.96 Å². The lowest BCUT2D eigenvalue weighted by molar-refractivity contribution is -0.120. The molecule has 118 valence electrons. The Hall–Kier alpha value is -1.28. The summed E-state index contributed by atoms with van der Waals surface area (Å²) in [5, 5.41) is 5.05. The van der Waals surface area contributed by atoms with Crippen LogP contribution in [-0.4, -0.2) is 34.7 Å². The lowest BCUT2D eigenvalue weighted by Gasteiger charge is -2.28. The molecule has 0 aromatic carbocycles. The molecule has 8 heteroatoms. The number of fused-ring (bicyclic) bond motifs is 1. The van der Waals surface area contributed by atoms with E-state index >= 15 is 0 Å². The molecule has 0 saturated heterocycles. The van der Waals surface area contributed by atoms with Crippen molar-refractivity contribution in [1.29, 1.82) is 0 Å². The summed E-state index contributed by atoms with van der Waals surface area (Å²) in [6, 6.07) is -0.281. The number of nitrogens with zero attached hydrogens (tertiary/aromatic N) is 3. The van der Waals surface area contributed by atoms with E-state index in [1.165, 1.54) is 16.2 Å². The molecule has 0 aliphatic carbocycles. The zero-order chi connectivity index (χ0) is 15.6. The van der Waals surface area contributed by atoms with Crippen LogP contribution >= 0.6 is 11.3 Å². The second-order valence-corrected chi connectivity index (χ2v) is 5.93. The van der Waals surface area contributed by atoms with Crippen molar-refractivity contribution in [3.8, 4) is 0 Å². The lowest BCUT2D eigenvalue weighted by Crippen LogP contribution is -2.40. The molecule has 0 spiro atoms. The maximum Gasteiger partial charge on any atom is 0.405 e. The van der Waals surface area contributed by atoms with Gasteiger partial charge < -0.3 is 10.2 Å². The van der Waals surface area contributed by atoms with Gasteiger partial charge in [0, 0.05) is 24.2 Å². The number of nitrogens with one attached hydrogen (secondary N) is 1. The number of thiazole rings is 1. The summed E-state index contributed by atoms with van der Waals surface area (Å²) in [6.07, 6.45) is -2.41. The minimum absolute atomic E-state index is 0.281. The molecule has 2 rings (SSSR count). The van der Waals surface area contributed by atoms with Crippen LogP contribution in [0.3, 0.4) is 0 Å². The van der Waals surface area contributed by atoms with Gasteiger partial charge in [0.2, 0.25) is 0 Å². The molecule has 2 heterocycles. The van der Waals surface area contributed by atoms with Crippen molar-refractivity contribution in [2.75, 3.05) is 18.0 Å². The van der Waals surface area contributed by atoms with Crippen LogP contribution in [0.4, 0.5) is 19.0 Å². The fourth-order valence-corrected chi connectivity index (χ4v) is 2.88. The smallest absolute Gasteiger partial charge is 0.343 e. The molecule has 21 heavy (non-hydrogen) atoms. The van der Waals surface area contributed by atoms with Crippen molar-refractivity contribution >= 4 is 22.1 Å². The Bertz CT molecular complexity index is 588. The summed E-state index contributed by atoms with van der Waals surface area (Å²) in [4.78, 5) is 6.42. The Balaban J connectivity index is 2.43. The number of imidazole rings is 1. The van der Waals surface area contributed by atoms with Crippen LogP contribution in [0.5, 0.6) is 0 Å². The van der Waals surface area contributed by atoms with Gasteiger partial charge in [0.25, 0.3) is 0 Å². The fourth-order valence-electron chi connectivity index (χ4n) is 2.15. The summed E-state index contributed by atoms with van der Waals surface area (Å²) in [6.45, 7) is 5.70. The molecule has 0 amide bonds. The largest absolute Gasteiger partial charge is 0.405 e. The van der Waals surface area contributed by atoms with Crippen LogP contribution in [0, 0.1) is 0 Å². The van der Waals surface area contributed by atoms with E-state index in [2.05, 4.69) is 10.3 Å². The van der Waals surface area contributed by atoms with Crippen LogP contribution in [-0.2, 0) is 6.54 Å². The lowest BCUT2D eigenvalue weighted by atomic mass is 10.2. The fraction of sp³-hybridized carbons (Fsp3) is 0.615. The number of halogens is 3. The third kappa shape index (κ3) is 3.68. The Labute approximate surface area is 125 Å². The second kappa shape index (κ2) is 6.23. The van der Waals surface area contributed by atoms with Gasteiger partial charge in [-0.25, -0.2) is 4.98 Å². The van der Waals surface area contributed by atoms with E-state index in [1.807, 2.05) is 22.9 Å². The average Bonchev–Trinajstić information content (AvgIpc) is 2.93. The topological polar surface area (TPSA) is 32.6 Å². The predicted molar refractivity (Wildman–Crippen MR) is 79.0 cm³/mol. The average molecular weight is 320 g/mol. The zero-order valence-corrected chi connectivity index (χ0v) is 13.1. The quantitative estimate of drug-likeness (QED) is 0.886. The number of hydrogen-bond acceptors (Lipinski definition) is 4. The monoisotopic (exact) mass is 320 g/mol. The number of hydrogen-bond donors (Lipinski definition) is 1. The molecule has 1 N–H and O–H groups in total. The number of alkyl halides is 3. The van der Waals surface area contributed by atoms with Crippen molar-refractivity contribution in [3.63, 3.8) is 0 Å². The van der Waals surface area contributed by atoms with Gasteiger partial charge in [-0.1, -0.05) is 6.92 Å². The molecule has 2 aromatic heterocycles. The van der Waals surface area contributed by atoms with E-state index in [0.29, 0.717) is 17.3 Å². The summed E-state index contributed by atoms with van der Waals surface area (Å²) in [5.74, 6) is 0.412. The van der Waals surface area contributed by atoms with Crippen LogP contribution in [0.15, 0.2) is 11.6 Å². The molecule has 0 aliphatic rings. The maximum atomic E-state index is 12.8. The van der Waals surface area contributed by atoms with Crippen molar-refractivity contribution in [2.24, 2.45) is 0 Å². The van der Waals surface area contributed by atoms with E-state index in [0.717, 1.165) is 12.2 Å². The van der Waals surface area contributed by atoms with E-state index < -0.39 is 12.7 Å². The summed E-state index contributed by atoms with van der Waals surface area (Å²) in [5.41, 5.74) is 0.769. The minimum Gasteiger partial charge on any atom is -0.343 e. The third-order valence-corrected chi connectivity index (χ3v) is 3.88. The number of aromatic nitrogens is 2. The summed E-state index contributed by atoms with van der Waals surface area (Å²) in [7, 11) is 0. The zero-order valence-electron chi connectivity index (χ0n) is 12.2.